The van der Waals surface area contributed by atoms with Gasteiger partial charge in [0.2, 0.25) is 11.8 Å². The lowest BCUT2D eigenvalue weighted by molar-refractivity contribution is -0.125. The molecule has 2 saturated heterocycles. The Bertz CT molecular complexity index is 1150. The molecule has 196 valence electrons. The van der Waals surface area contributed by atoms with Crippen molar-refractivity contribution in [2.75, 3.05) is 6.61 Å². The molecule has 3 amide bonds. The maximum Gasteiger partial charge on any atom is 0.408 e. The smallest absolute Gasteiger partial charge is 0.408 e. The summed E-state index contributed by atoms with van der Waals surface area (Å²) >= 11 is 8.37. The first-order valence-electron chi connectivity index (χ1n) is 12.5. The first-order chi connectivity index (χ1) is 17.8. The monoisotopic (exact) mass is 560 g/mol. The molecule has 0 aromatic heterocycles. The highest BCUT2D eigenvalue weighted by Gasteiger charge is 2.64. The minimum Gasteiger partial charge on any atom is -0.445 e. The SMILES string of the molecule is N#CS[C@H](C[C@@H]1CC2(CC2)NC1=O)NC(=O)[C@]1(CC2CC2)SC1NC(=O)OC/C=C/c1cccc(Cl)c1. The Morgan fingerprint density at radius 3 is 2.86 bits per heavy atom. The number of thioether (sulfide) groups is 2. The molecule has 0 radical (unpaired) electrons. The fourth-order valence-electron chi connectivity index (χ4n) is 4.94. The second kappa shape index (κ2) is 10.8. The molecular formula is C26H29ClN4O4S2. The molecule has 3 N–H and O–H groups in total. The van der Waals surface area contributed by atoms with Crippen molar-refractivity contribution in [3.63, 3.8) is 0 Å². The second-order valence-corrected chi connectivity index (χ2v) is 13.2. The minimum atomic E-state index is -0.777. The molecule has 1 spiro atoms. The van der Waals surface area contributed by atoms with Crippen LogP contribution in [0.3, 0.4) is 0 Å². The lowest BCUT2D eigenvalue weighted by atomic mass is 9.98. The Hall–Kier alpha value is -2.35. The van der Waals surface area contributed by atoms with E-state index in [1.807, 2.05) is 24.3 Å². The molecule has 1 aromatic carbocycles. The topological polar surface area (TPSA) is 120 Å². The van der Waals surface area contributed by atoms with Gasteiger partial charge in [-0.25, -0.2) is 4.79 Å². The predicted molar refractivity (Wildman–Crippen MR) is 144 cm³/mol. The Balaban J connectivity index is 1.14. The maximum atomic E-state index is 13.4. The van der Waals surface area contributed by atoms with Crippen molar-refractivity contribution in [3.8, 4) is 5.40 Å². The standard InChI is InChI=1S/C26H29ClN4O4S2/c27-19-5-1-3-16(11-19)4-2-10-35-24(34)30-23-26(37-23,13-17-6-7-17)22(33)29-20(36-15-28)12-18-14-25(8-9-25)31-21(18)32/h1-5,11,17-18,20,23H,6-10,12-14H2,(H,29,33)(H,30,34)(H,31,32)/b4-2+/t18-,20-,23?,26+/m1/s1. The molecule has 5 rings (SSSR count). The van der Waals surface area contributed by atoms with Crippen molar-refractivity contribution in [1.29, 1.82) is 5.26 Å². The zero-order valence-electron chi connectivity index (χ0n) is 20.2. The Labute approximate surface area is 229 Å². The van der Waals surface area contributed by atoms with E-state index in [4.69, 9.17) is 16.3 Å². The van der Waals surface area contributed by atoms with Gasteiger partial charge in [0.1, 0.15) is 22.1 Å². The molecule has 37 heavy (non-hydrogen) atoms. The van der Waals surface area contributed by atoms with Crippen LogP contribution in [0, 0.1) is 22.5 Å². The number of nitrogens with one attached hydrogen (secondary N) is 3. The van der Waals surface area contributed by atoms with Gasteiger partial charge in [-0.1, -0.05) is 42.7 Å². The van der Waals surface area contributed by atoms with Crippen LogP contribution in [0.4, 0.5) is 4.79 Å². The number of carbonyl (C=O) groups excluding carboxylic acids is 3. The summed E-state index contributed by atoms with van der Waals surface area (Å²) in [5, 5.41) is 20.0. The number of hydrogen-bond acceptors (Lipinski definition) is 7. The van der Waals surface area contributed by atoms with Gasteiger partial charge in [0.05, 0.1) is 5.37 Å². The van der Waals surface area contributed by atoms with Crippen LogP contribution in [0.1, 0.15) is 50.5 Å². The van der Waals surface area contributed by atoms with E-state index in [2.05, 4.69) is 21.4 Å². The van der Waals surface area contributed by atoms with Crippen molar-refractivity contribution in [2.45, 2.75) is 66.0 Å². The predicted octanol–water partition coefficient (Wildman–Crippen LogP) is 4.41. The number of halogens is 1. The molecule has 4 fully saturated rings. The average Bonchev–Trinajstić information content (AvgIpc) is 3.78. The summed E-state index contributed by atoms with van der Waals surface area (Å²) < 4.78 is 4.50. The minimum absolute atomic E-state index is 0.00970. The van der Waals surface area contributed by atoms with E-state index < -0.39 is 21.6 Å². The number of carbonyl (C=O) groups is 3. The first-order valence-corrected chi connectivity index (χ1v) is 14.7. The third-order valence-corrected chi connectivity index (χ3v) is 9.77. The van der Waals surface area contributed by atoms with E-state index in [0.717, 1.165) is 49.4 Å². The summed E-state index contributed by atoms with van der Waals surface area (Å²) in [5.41, 5.74) is 0.854. The lowest BCUT2D eigenvalue weighted by Crippen LogP contribution is -2.47. The van der Waals surface area contributed by atoms with Gasteiger partial charge in [-0.15, -0.1) is 11.8 Å². The number of ether oxygens (including phenoxy) is 1. The molecule has 2 aliphatic heterocycles. The fraction of sp³-hybridized carbons (Fsp3) is 0.538. The van der Waals surface area contributed by atoms with Crippen LogP contribution in [0.5, 0.6) is 0 Å². The van der Waals surface area contributed by atoms with Crippen molar-refractivity contribution in [2.24, 2.45) is 11.8 Å². The summed E-state index contributed by atoms with van der Waals surface area (Å²) in [6.45, 7) is 0.0867. The van der Waals surface area contributed by atoms with Crippen molar-refractivity contribution < 1.29 is 19.1 Å². The number of benzene rings is 1. The normalized spacial score (nSPS) is 27.8. The number of rotatable bonds is 11. The van der Waals surface area contributed by atoms with Crippen LogP contribution in [0.25, 0.3) is 6.08 Å². The number of amides is 3. The van der Waals surface area contributed by atoms with E-state index in [1.54, 1.807) is 12.1 Å². The maximum absolute atomic E-state index is 13.4. The van der Waals surface area contributed by atoms with Gasteiger partial charge in [-0.05, 0) is 73.6 Å². The molecule has 8 nitrogen and oxygen atoms in total. The van der Waals surface area contributed by atoms with Crippen molar-refractivity contribution in [1.82, 2.24) is 16.0 Å². The largest absolute Gasteiger partial charge is 0.445 e. The molecule has 4 aliphatic rings. The number of alkyl carbamates (subject to hydrolysis) is 1. The van der Waals surface area contributed by atoms with E-state index in [1.165, 1.54) is 11.8 Å². The van der Waals surface area contributed by atoms with Crippen LogP contribution < -0.4 is 16.0 Å². The van der Waals surface area contributed by atoms with Crippen LogP contribution in [0.2, 0.25) is 5.02 Å². The number of hydrogen-bond donors (Lipinski definition) is 3. The van der Waals surface area contributed by atoms with Crippen molar-refractivity contribution >= 4 is 59.1 Å². The van der Waals surface area contributed by atoms with Gasteiger partial charge < -0.3 is 20.7 Å². The number of thiocyanates is 1. The molecule has 1 unspecified atom stereocenters. The Morgan fingerprint density at radius 1 is 1.38 bits per heavy atom. The van der Waals surface area contributed by atoms with Gasteiger partial charge in [0, 0.05) is 16.5 Å². The van der Waals surface area contributed by atoms with E-state index >= 15 is 0 Å². The van der Waals surface area contributed by atoms with Crippen LogP contribution in [-0.4, -0.2) is 45.5 Å². The van der Waals surface area contributed by atoms with Gasteiger partial charge in [0.15, 0.2) is 0 Å². The number of nitrogens with zero attached hydrogens (tertiary/aromatic N) is 1. The van der Waals surface area contributed by atoms with E-state index in [-0.39, 0.29) is 29.9 Å². The molecule has 2 heterocycles. The Kier molecular flexibility index (Phi) is 7.66. The first kappa shape index (κ1) is 26.3. The third kappa shape index (κ3) is 6.57. The third-order valence-electron chi connectivity index (χ3n) is 7.32. The summed E-state index contributed by atoms with van der Waals surface area (Å²) in [7, 11) is 0. The van der Waals surface area contributed by atoms with Gasteiger partial charge in [-0.3, -0.25) is 9.59 Å². The second-order valence-electron chi connectivity index (χ2n) is 10.3. The highest BCUT2D eigenvalue weighted by Crippen LogP contribution is 2.59. The van der Waals surface area contributed by atoms with Gasteiger partial charge in [-0.2, -0.15) is 5.26 Å². The van der Waals surface area contributed by atoms with Crippen LogP contribution in [0.15, 0.2) is 30.3 Å². The lowest BCUT2D eigenvalue weighted by Gasteiger charge is -2.22. The summed E-state index contributed by atoms with van der Waals surface area (Å²) in [6, 6.07) is 7.34. The molecule has 2 aliphatic carbocycles. The highest BCUT2D eigenvalue weighted by molar-refractivity contribution is 8.09. The quantitative estimate of drug-likeness (QED) is 0.208. The molecule has 1 aromatic rings. The highest BCUT2D eigenvalue weighted by atomic mass is 35.5. The molecule has 4 atom stereocenters. The molecule has 11 heteroatoms. The summed E-state index contributed by atoms with van der Waals surface area (Å²) in [5.74, 6) is 0.0705. The fourth-order valence-corrected chi connectivity index (χ4v) is 7.02. The Morgan fingerprint density at radius 2 is 2.19 bits per heavy atom. The average molecular weight is 561 g/mol. The zero-order chi connectivity index (χ0) is 26.0. The molecule has 2 saturated carbocycles. The summed E-state index contributed by atoms with van der Waals surface area (Å²) in [4.78, 5) is 38.2. The zero-order valence-corrected chi connectivity index (χ0v) is 22.6. The van der Waals surface area contributed by atoms with Crippen molar-refractivity contribution in [3.05, 3.63) is 40.9 Å². The van der Waals surface area contributed by atoms with Gasteiger partial charge in [0.25, 0.3) is 0 Å². The van der Waals surface area contributed by atoms with Crippen LogP contribution in [-0.2, 0) is 14.3 Å². The van der Waals surface area contributed by atoms with Gasteiger partial charge >= 0.3 is 6.09 Å². The van der Waals surface area contributed by atoms with Crippen LogP contribution >= 0.6 is 35.1 Å². The summed E-state index contributed by atoms with van der Waals surface area (Å²) in [6.07, 6.45) is 8.94. The molecule has 0 bridgehead atoms. The number of nitriles is 1. The molecular weight excluding hydrogens is 532 g/mol. The van der Waals surface area contributed by atoms with E-state index in [0.29, 0.717) is 23.8 Å². The van der Waals surface area contributed by atoms with E-state index in [9.17, 15) is 19.6 Å².